The van der Waals surface area contributed by atoms with E-state index in [2.05, 4.69) is 4.98 Å². The lowest BCUT2D eigenvalue weighted by Crippen LogP contribution is -2.40. The van der Waals surface area contributed by atoms with Crippen LogP contribution in [0.15, 0.2) is 18.3 Å². The molecule has 0 aliphatic heterocycles. The molecule has 1 heterocycles. The first kappa shape index (κ1) is 15.0. The molecule has 1 aromatic rings. The molecule has 1 aromatic heterocycles. The SMILES string of the molecule is CN(C)CCN(CC(=O)O)C(=O)c1cccnc1F. The highest BCUT2D eigenvalue weighted by Crippen LogP contribution is 2.07. The number of carboxylic acids is 1. The average Bonchev–Trinajstić information content (AvgIpc) is 2.33. The third kappa shape index (κ3) is 4.63. The number of rotatable bonds is 6. The van der Waals surface area contributed by atoms with Crippen LogP contribution < -0.4 is 0 Å². The zero-order chi connectivity index (χ0) is 14.4. The number of pyridine rings is 1. The van der Waals surface area contributed by atoms with Gasteiger partial charge in [0.15, 0.2) is 0 Å². The maximum absolute atomic E-state index is 13.4. The van der Waals surface area contributed by atoms with E-state index < -0.39 is 24.4 Å². The predicted octanol–water partition coefficient (Wildman–Crippen LogP) is 0.309. The van der Waals surface area contributed by atoms with E-state index in [1.807, 2.05) is 4.90 Å². The van der Waals surface area contributed by atoms with Crippen LogP contribution in [0.25, 0.3) is 0 Å². The lowest BCUT2D eigenvalue weighted by atomic mass is 10.2. The van der Waals surface area contributed by atoms with Crippen molar-refractivity contribution in [2.75, 3.05) is 33.7 Å². The van der Waals surface area contributed by atoms with E-state index in [0.29, 0.717) is 6.54 Å². The molecule has 1 rings (SSSR count). The molecule has 0 bridgehead atoms. The lowest BCUT2D eigenvalue weighted by molar-refractivity contribution is -0.137. The van der Waals surface area contributed by atoms with Gasteiger partial charge in [0, 0.05) is 19.3 Å². The van der Waals surface area contributed by atoms with Gasteiger partial charge in [0.2, 0.25) is 5.95 Å². The lowest BCUT2D eigenvalue weighted by Gasteiger charge is -2.22. The van der Waals surface area contributed by atoms with Gasteiger partial charge in [0.05, 0.1) is 5.56 Å². The van der Waals surface area contributed by atoms with Gasteiger partial charge >= 0.3 is 5.97 Å². The van der Waals surface area contributed by atoms with Crippen molar-refractivity contribution in [3.63, 3.8) is 0 Å². The third-order valence-corrected chi connectivity index (χ3v) is 2.42. The van der Waals surface area contributed by atoms with Crippen molar-refractivity contribution in [1.82, 2.24) is 14.8 Å². The molecule has 0 fully saturated rings. The number of nitrogens with zero attached hydrogens (tertiary/aromatic N) is 3. The third-order valence-electron chi connectivity index (χ3n) is 2.42. The van der Waals surface area contributed by atoms with Crippen LogP contribution in [0.5, 0.6) is 0 Å². The maximum atomic E-state index is 13.4. The molecule has 0 aliphatic rings. The Bertz CT molecular complexity index is 465. The largest absolute Gasteiger partial charge is 0.480 e. The molecule has 19 heavy (non-hydrogen) atoms. The minimum atomic E-state index is -1.14. The second-order valence-electron chi connectivity index (χ2n) is 4.27. The molecule has 0 unspecified atom stereocenters. The Hall–Kier alpha value is -2.02. The molecule has 0 spiro atoms. The summed E-state index contributed by atoms with van der Waals surface area (Å²) in [6.07, 6.45) is 1.23. The van der Waals surface area contributed by atoms with Crippen molar-refractivity contribution >= 4 is 11.9 Å². The summed E-state index contributed by atoms with van der Waals surface area (Å²) in [5.74, 6) is -2.71. The maximum Gasteiger partial charge on any atom is 0.323 e. The smallest absolute Gasteiger partial charge is 0.323 e. The quantitative estimate of drug-likeness (QED) is 0.752. The fourth-order valence-electron chi connectivity index (χ4n) is 1.45. The van der Waals surface area contributed by atoms with Gasteiger partial charge in [-0.05, 0) is 26.2 Å². The fourth-order valence-corrected chi connectivity index (χ4v) is 1.45. The molecule has 0 aromatic carbocycles. The Morgan fingerprint density at radius 1 is 1.37 bits per heavy atom. The van der Waals surface area contributed by atoms with Crippen molar-refractivity contribution in [3.8, 4) is 0 Å². The van der Waals surface area contributed by atoms with Crippen LogP contribution in [0.3, 0.4) is 0 Å². The summed E-state index contributed by atoms with van der Waals surface area (Å²) in [6, 6.07) is 2.72. The summed E-state index contributed by atoms with van der Waals surface area (Å²) in [5.41, 5.74) is -0.220. The Labute approximate surface area is 110 Å². The van der Waals surface area contributed by atoms with Crippen LogP contribution in [0, 0.1) is 5.95 Å². The number of carbonyl (C=O) groups is 2. The second-order valence-corrected chi connectivity index (χ2v) is 4.27. The highest BCUT2D eigenvalue weighted by atomic mass is 19.1. The topological polar surface area (TPSA) is 73.7 Å². The molecule has 1 N–H and O–H groups in total. The minimum Gasteiger partial charge on any atom is -0.480 e. The molecule has 1 amide bonds. The monoisotopic (exact) mass is 269 g/mol. The molecule has 7 heteroatoms. The first-order valence-electron chi connectivity index (χ1n) is 5.68. The van der Waals surface area contributed by atoms with Gasteiger partial charge in [-0.25, -0.2) is 4.98 Å². The van der Waals surface area contributed by atoms with Gasteiger partial charge in [-0.3, -0.25) is 9.59 Å². The molecule has 0 radical (unpaired) electrons. The molecule has 104 valence electrons. The highest BCUT2D eigenvalue weighted by Gasteiger charge is 2.21. The number of aliphatic carboxylic acids is 1. The number of carboxylic acid groups (broad SMARTS) is 1. The first-order chi connectivity index (χ1) is 8.91. The van der Waals surface area contributed by atoms with Crippen molar-refractivity contribution in [2.24, 2.45) is 0 Å². The molecule has 0 aliphatic carbocycles. The number of halogens is 1. The van der Waals surface area contributed by atoms with Gasteiger partial charge < -0.3 is 14.9 Å². The average molecular weight is 269 g/mol. The van der Waals surface area contributed by atoms with E-state index in [9.17, 15) is 14.0 Å². The molecule has 0 atom stereocenters. The van der Waals surface area contributed by atoms with E-state index in [1.54, 1.807) is 14.1 Å². The number of aromatic nitrogens is 1. The number of hydrogen-bond donors (Lipinski definition) is 1. The highest BCUT2D eigenvalue weighted by molar-refractivity contribution is 5.95. The molecular formula is C12H16FN3O3. The first-order valence-corrected chi connectivity index (χ1v) is 5.68. The van der Waals surface area contributed by atoms with E-state index in [1.165, 1.54) is 18.3 Å². The molecule has 6 nitrogen and oxygen atoms in total. The van der Waals surface area contributed by atoms with Gasteiger partial charge in [0.1, 0.15) is 6.54 Å². The minimum absolute atomic E-state index is 0.201. The Morgan fingerprint density at radius 2 is 2.05 bits per heavy atom. The van der Waals surface area contributed by atoms with Gasteiger partial charge in [-0.15, -0.1) is 0 Å². The summed E-state index contributed by atoms with van der Waals surface area (Å²) >= 11 is 0. The van der Waals surface area contributed by atoms with Crippen LogP contribution in [0.1, 0.15) is 10.4 Å². The van der Waals surface area contributed by atoms with Crippen LogP contribution in [0.2, 0.25) is 0 Å². The number of amides is 1. The number of hydrogen-bond acceptors (Lipinski definition) is 4. The van der Waals surface area contributed by atoms with Crippen molar-refractivity contribution in [2.45, 2.75) is 0 Å². The zero-order valence-corrected chi connectivity index (χ0v) is 10.8. The number of carbonyl (C=O) groups excluding carboxylic acids is 1. The Kier molecular flexibility index (Phi) is 5.37. The van der Waals surface area contributed by atoms with Crippen LogP contribution in [-0.4, -0.2) is 65.5 Å². The summed E-state index contributed by atoms with van der Waals surface area (Å²) in [4.78, 5) is 29.1. The van der Waals surface area contributed by atoms with Crippen LogP contribution in [0.4, 0.5) is 4.39 Å². The van der Waals surface area contributed by atoms with E-state index in [0.717, 1.165) is 4.90 Å². The fraction of sp³-hybridized carbons (Fsp3) is 0.417. The number of likely N-dealkylation sites (N-methyl/N-ethyl adjacent to an activating group) is 1. The van der Waals surface area contributed by atoms with Gasteiger partial charge in [-0.1, -0.05) is 0 Å². The van der Waals surface area contributed by atoms with Crippen LogP contribution >= 0.6 is 0 Å². The Balaban J connectivity index is 2.87. The predicted molar refractivity (Wildman–Crippen MR) is 66.3 cm³/mol. The second kappa shape index (κ2) is 6.79. The van der Waals surface area contributed by atoms with E-state index in [-0.39, 0.29) is 12.1 Å². The summed E-state index contributed by atoms with van der Waals surface area (Å²) in [7, 11) is 3.60. The summed E-state index contributed by atoms with van der Waals surface area (Å²) in [6.45, 7) is 0.217. The van der Waals surface area contributed by atoms with Crippen molar-refractivity contribution < 1.29 is 19.1 Å². The van der Waals surface area contributed by atoms with Crippen molar-refractivity contribution in [1.29, 1.82) is 0 Å². The van der Waals surface area contributed by atoms with Gasteiger partial charge in [-0.2, -0.15) is 4.39 Å². The Morgan fingerprint density at radius 3 is 2.58 bits per heavy atom. The van der Waals surface area contributed by atoms with Crippen LogP contribution in [-0.2, 0) is 4.79 Å². The molecule has 0 saturated heterocycles. The molecular weight excluding hydrogens is 253 g/mol. The standard InChI is InChI=1S/C12H16FN3O3/c1-15(2)6-7-16(8-10(17)18)12(19)9-4-3-5-14-11(9)13/h3-5H,6-8H2,1-2H3,(H,17,18). The van der Waals surface area contributed by atoms with Crippen molar-refractivity contribution in [3.05, 3.63) is 29.8 Å². The summed E-state index contributed by atoms with van der Waals surface area (Å²) in [5, 5.41) is 8.80. The van der Waals surface area contributed by atoms with E-state index in [4.69, 9.17) is 5.11 Å². The van der Waals surface area contributed by atoms with E-state index >= 15 is 0 Å². The normalized spacial score (nSPS) is 10.5. The van der Waals surface area contributed by atoms with Gasteiger partial charge in [0.25, 0.3) is 5.91 Å². The molecule has 0 saturated carbocycles. The zero-order valence-electron chi connectivity index (χ0n) is 10.8. The summed E-state index contributed by atoms with van der Waals surface area (Å²) < 4.78 is 13.4.